The molecule has 0 atom stereocenters. The predicted molar refractivity (Wildman–Crippen MR) is 84.2 cm³/mol. The summed E-state index contributed by atoms with van der Waals surface area (Å²) in [6, 6.07) is 0.193. The average Bonchev–Trinajstić information content (AvgIpc) is 2.85. The molecule has 1 saturated heterocycles. The number of rotatable bonds is 4. The third kappa shape index (κ3) is 3.32. The van der Waals surface area contributed by atoms with Crippen LogP contribution in [-0.4, -0.2) is 55.0 Å². The molecule has 22 heavy (non-hydrogen) atoms. The molecule has 0 spiro atoms. The van der Waals surface area contributed by atoms with Gasteiger partial charge in [0.2, 0.25) is 0 Å². The van der Waals surface area contributed by atoms with Crippen LogP contribution in [0.25, 0.3) is 0 Å². The van der Waals surface area contributed by atoms with Crippen LogP contribution in [0.2, 0.25) is 0 Å². The van der Waals surface area contributed by atoms with Gasteiger partial charge in [-0.1, -0.05) is 6.92 Å². The Labute approximate surface area is 131 Å². The van der Waals surface area contributed by atoms with Crippen LogP contribution in [0.15, 0.2) is 0 Å². The van der Waals surface area contributed by atoms with Gasteiger partial charge >= 0.3 is 5.97 Å². The van der Waals surface area contributed by atoms with Crippen LogP contribution in [0, 0.1) is 6.92 Å². The number of methoxy groups -OCH3 is 1. The Morgan fingerprint density at radius 2 is 2.00 bits per heavy atom. The van der Waals surface area contributed by atoms with Crippen molar-refractivity contribution in [3.05, 3.63) is 22.5 Å². The van der Waals surface area contributed by atoms with Crippen LogP contribution in [0.3, 0.4) is 0 Å². The highest BCUT2D eigenvalue weighted by Crippen LogP contribution is 2.20. The van der Waals surface area contributed by atoms with E-state index in [2.05, 4.69) is 22.2 Å². The summed E-state index contributed by atoms with van der Waals surface area (Å²) in [6.07, 6.45) is 2.55. The Morgan fingerprint density at radius 3 is 2.55 bits per heavy atom. The van der Waals surface area contributed by atoms with E-state index in [0.29, 0.717) is 23.2 Å². The topological polar surface area (TPSA) is 74.4 Å². The average molecular weight is 307 g/mol. The lowest BCUT2D eigenvalue weighted by molar-refractivity contribution is 0.0599. The van der Waals surface area contributed by atoms with Crippen molar-refractivity contribution in [2.24, 2.45) is 0 Å². The van der Waals surface area contributed by atoms with Gasteiger partial charge in [0.15, 0.2) is 0 Å². The second kappa shape index (κ2) is 6.96. The Bertz CT molecular complexity index is 557. The first-order valence-electron chi connectivity index (χ1n) is 7.77. The lowest BCUT2D eigenvalue weighted by Gasteiger charge is -2.29. The third-order valence-corrected chi connectivity index (χ3v) is 4.35. The Morgan fingerprint density at radius 1 is 1.36 bits per heavy atom. The molecule has 0 saturated carbocycles. The molecule has 0 unspecified atom stereocenters. The van der Waals surface area contributed by atoms with Crippen molar-refractivity contribution in [1.29, 1.82) is 0 Å². The van der Waals surface area contributed by atoms with Crippen molar-refractivity contribution < 1.29 is 14.3 Å². The summed E-state index contributed by atoms with van der Waals surface area (Å²) in [4.78, 5) is 29.7. The molecule has 6 nitrogen and oxygen atoms in total. The van der Waals surface area contributed by atoms with Gasteiger partial charge in [-0.15, -0.1) is 0 Å². The number of nitrogens with one attached hydrogen (secondary N) is 2. The minimum absolute atomic E-state index is 0.142. The number of nitrogens with zero attached hydrogens (tertiary/aromatic N) is 1. The van der Waals surface area contributed by atoms with Crippen LogP contribution in [-0.2, 0) is 11.2 Å². The number of ether oxygens (including phenoxy) is 1. The summed E-state index contributed by atoms with van der Waals surface area (Å²) in [7, 11) is 3.44. The molecular formula is C16H25N3O3. The zero-order chi connectivity index (χ0) is 16.3. The van der Waals surface area contributed by atoms with Crippen LogP contribution >= 0.6 is 0 Å². The van der Waals surface area contributed by atoms with Crippen LogP contribution in [0.5, 0.6) is 0 Å². The number of aromatic nitrogens is 1. The van der Waals surface area contributed by atoms with Crippen LogP contribution in [0.4, 0.5) is 0 Å². The lowest BCUT2D eigenvalue weighted by Crippen LogP contribution is -2.43. The molecule has 0 aliphatic carbocycles. The summed E-state index contributed by atoms with van der Waals surface area (Å²) in [5, 5.41) is 3.07. The van der Waals surface area contributed by atoms with E-state index < -0.39 is 5.97 Å². The number of carbonyl (C=O) groups excluding carboxylic acids is 2. The monoisotopic (exact) mass is 307 g/mol. The summed E-state index contributed by atoms with van der Waals surface area (Å²) in [5.74, 6) is -0.541. The molecule has 2 heterocycles. The SMILES string of the molecule is CCc1[nH]c(C(=O)NC2CCN(C)CC2)c(C)c1C(=O)OC. The van der Waals surface area contributed by atoms with Crippen molar-refractivity contribution >= 4 is 11.9 Å². The number of aromatic amines is 1. The summed E-state index contributed by atoms with van der Waals surface area (Å²) < 4.78 is 4.82. The largest absolute Gasteiger partial charge is 0.465 e. The summed E-state index contributed by atoms with van der Waals surface area (Å²) >= 11 is 0. The maximum Gasteiger partial charge on any atom is 0.339 e. The molecule has 1 aliphatic rings. The number of H-pyrrole nitrogens is 1. The van der Waals surface area contributed by atoms with Gasteiger partial charge in [0.1, 0.15) is 5.69 Å². The molecule has 0 aromatic carbocycles. The van der Waals surface area contributed by atoms with Crippen LogP contribution in [0.1, 0.15) is 51.9 Å². The zero-order valence-electron chi connectivity index (χ0n) is 13.8. The number of piperidine rings is 1. The minimum Gasteiger partial charge on any atom is -0.465 e. The van der Waals surface area contributed by atoms with E-state index in [0.717, 1.165) is 31.6 Å². The van der Waals surface area contributed by atoms with Crippen molar-refractivity contribution in [2.75, 3.05) is 27.2 Å². The van der Waals surface area contributed by atoms with E-state index in [1.165, 1.54) is 7.11 Å². The fraction of sp³-hybridized carbons (Fsp3) is 0.625. The van der Waals surface area contributed by atoms with Crippen molar-refractivity contribution in [2.45, 2.75) is 39.2 Å². The van der Waals surface area contributed by atoms with E-state index >= 15 is 0 Å². The molecule has 0 radical (unpaired) electrons. The van der Waals surface area contributed by atoms with Crippen molar-refractivity contribution in [3.63, 3.8) is 0 Å². The molecule has 122 valence electrons. The molecule has 2 N–H and O–H groups in total. The summed E-state index contributed by atoms with van der Waals surface area (Å²) in [5.41, 5.74) is 2.36. The van der Waals surface area contributed by atoms with Gasteiger partial charge in [0.25, 0.3) is 5.91 Å². The number of hydrogen-bond donors (Lipinski definition) is 2. The molecule has 2 rings (SSSR count). The molecular weight excluding hydrogens is 282 g/mol. The van der Waals surface area contributed by atoms with Crippen molar-refractivity contribution in [1.82, 2.24) is 15.2 Å². The molecule has 0 bridgehead atoms. The number of hydrogen-bond acceptors (Lipinski definition) is 4. The molecule has 1 aromatic rings. The smallest absolute Gasteiger partial charge is 0.339 e. The second-order valence-corrected chi connectivity index (χ2v) is 5.87. The molecule has 1 aliphatic heterocycles. The Hall–Kier alpha value is -1.82. The highest BCUT2D eigenvalue weighted by atomic mass is 16.5. The normalized spacial score (nSPS) is 16.5. The first kappa shape index (κ1) is 16.5. The van der Waals surface area contributed by atoms with Crippen molar-refractivity contribution in [3.8, 4) is 0 Å². The third-order valence-electron chi connectivity index (χ3n) is 4.35. The first-order chi connectivity index (χ1) is 10.5. The van der Waals surface area contributed by atoms with Crippen LogP contribution < -0.4 is 5.32 Å². The van der Waals surface area contributed by atoms with Gasteiger partial charge in [-0.05, 0) is 51.9 Å². The Kier molecular flexibility index (Phi) is 5.24. The quantitative estimate of drug-likeness (QED) is 0.827. The van der Waals surface area contributed by atoms with E-state index in [4.69, 9.17) is 4.74 Å². The highest BCUT2D eigenvalue weighted by molar-refractivity contribution is 6.00. The van der Waals surface area contributed by atoms with Gasteiger partial charge in [0, 0.05) is 11.7 Å². The number of amides is 1. The van der Waals surface area contributed by atoms with E-state index in [1.807, 2.05) is 6.92 Å². The van der Waals surface area contributed by atoms with Gasteiger partial charge in [-0.2, -0.15) is 0 Å². The molecule has 1 aromatic heterocycles. The van der Waals surface area contributed by atoms with Gasteiger partial charge < -0.3 is 19.9 Å². The van der Waals surface area contributed by atoms with Gasteiger partial charge in [0.05, 0.1) is 12.7 Å². The summed E-state index contributed by atoms with van der Waals surface area (Å²) in [6.45, 7) is 5.70. The number of esters is 1. The maximum atomic E-state index is 12.5. The highest BCUT2D eigenvalue weighted by Gasteiger charge is 2.25. The standard InChI is InChI=1S/C16H25N3O3/c1-5-12-13(16(21)22-4)10(2)14(18-12)15(20)17-11-6-8-19(3)9-7-11/h11,18H,5-9H2,1-4H3,(H,17,20). The molecule has 6 heteroatoms. The number of carbonyl (C=O) groups is 2. The Balaban J connectivity index is 2.16. The number of aryl methyl sites for hydroxylation is 1. The van der Waals surface area contributed by atoms with E-state index in [9.17, 15) is 9.59 Å². The van der Waals surface area contributed by atoms with Gasteiger partial charge in [-0.25, -0.2) is 4.79 Å². The second-order valence-electron chi connectivity index (χ2n) is 5.87. The fourth-order valence-electron chi connectivity index (χ4n) is 2.94. The molecule has 1 amide bonds. The fourth-order valence-corrected chi connectivity index (χ4v) is 2.94. The zero-order valence-corrected chi connectivity index (χ0v) is 13.8. The maximum absolute atomic E-state index is 12.5. The lowest BCUT2D eigenvalue weighted by atomic mass is 10.0. The van der Waals surface area contributed by atoms with Gasteiger partial charge in [-0.3, -0.25) is 4.79 Å². The molecule has 1 fully saturated rings. The van der Waals surface area contributed by atoms with E-state index in [1.54, 1.807) is 6.92 Å². The minimum atomic E-state index is -0.399. The van der Waals surface area contributed by atoms with E-state index in [-0.39, 0.29) is 11.9 Å². The predicted octanol–water partition coefficient (Wildman–Crippen LogP) is 1.50. The first-order valence-corrected chi connectivity index (χ1v) is 7.77. The number of likely N-dealkylation sites (tertiary alicyclic amines) is 1.